The van der Waals surface area contributed by atoms with Gasteiger partial charge >= 0.3 is 0 Å². The average molecular weight is 342 g/mol. The molecule has 0 aromatic carbocycles. The minimum atomic E-state index is 0.199. The van der Waals surface area contributed by atoms with Crippen molar-refractivity contribution in [3.8, 4) is 0 Å². The van der Waals surface area contributed by atoms with Crippen LogP contribution in [0, 0.1) is 0 Å². The molecule has 0 unspecified atom stereocenters. The van der Waals surface area contributed by atoms with Crippen molar-refractivity contribution in [3.05, 3.63) is 5.28 Å². The molecule has 2 fully saturated rings. The van der Waals surface area contributed by atoms with Crippen molar-refractivity contribution in [2.24, 2.45) is 0 Å². The standard InChI is InChI=1S/C15H24ClN5O2/c1-9-5-22-6-10(2)20(9)14-17-13(16)18-15(19-14)21-11(3)7-23-8-12(21)4/h9-12H,5-8H2,1-4H3/t9-,10-,11-,12-/m0/s1. The molecule has 0 N–H and O–H groups in total. The molecule has 3 rings (SSSR count). The molecule has 7 nitrogen and oxygen atoms in total. The Morgan fingerprint density at radius 2 is 1.09 bits per heavy atom. The summed E-state index contributed by atoms with van der Waals surface area (Å²) in [6, 6.07) is 0.795. The summed E-state index contributed by atoms with van der Waals surface area (Å²) in [5.41, 5.74) is 0. The molecule has 128 valence electrons. The van der Waals surface area contributed by atoms with Gasteiger partial charge < -0.3 is 19.3 Å². The predicted octanol–water partition coefficient (Wildman–Crippen LogP) is 1.75. The minimum absolute atomic E-state index is 0.199. The fourth-order valence-electron chi connectivity index (χ4n) is 3.36. The molecule has 2 saturated heterocycles. The molecule has 0 amide bonds. The largest absolute Gasteiger partial charge is 0.377 e. The highest BCUT2D eigenvalue weighted by Gasteiger charge is 2.32. The molecule has 0 spiro atoms. The van der Waals surface area contributed by atoms with Crippen molar-refractivity contribution in [2.45, 2.75) is 51.9 Å². The number of ether oxygens (including phenoxy) is 2. The van der Waals surface area contributed by atoms with Gasteiger partial charge in [-0.15, -0.1) is 0 Å². The van der Waals surface area contributed by atoms with E-state index in [1.807, 2.05) is 0 Å². The van der Waals surface area contributed by atoms with E-state index in [4.69, 9.17) is 26.1 Å². The first-order chi connectivity index (χ1) is 11.0. The monoisotopic (exact) mass is 341 g/mol. The average Bonchev–Trinajstić information content (AvgIpc) is 2.46. The van der Waals surface area contributed by atoms with Crippen molar-refractivity contribution >= 4 is 23.5 Å². The van der Waals surface area contributed by atoms with E-state index in [0.29, 0.717) is 38.3 Å². The lowest BCUT2D eigenvalue weighted by atomic mass is 10.2. The van der Waals surface area contributed by atoms with Crippen LogP contribution in [0.1, 0.15) is 27.7 Å². The number of anilines is 2. The highest BCUT2D eigenvalue weighted by molar-refractivity contribution is 6.28. The number of nitrogens with zero attached hydrogens (tertiary/aromatic N) is 5. The Labute approximate surface area is 142 Å². The van der Waals surface area contributed by atoms with Gasteiger partial charge in [-0.3, -0.25) is 0 Å². The first-order valence-electron chi connectivity index (χ1n) is 8.11. The van der Waals surface area contributed by atoms with Gasteiger partial charge in [-0.25, -0.2) is 0 Å². The van der Waals surface area contributed by atoms with Crippen LogP contribution in [0.25, 0.3) is 0 Å². The van der Waals surface area contributed by atoms with Gasteiger partial charge in [0.05, 0.1) is 50.6 Å². The Morgan fingerprint density at radius 3 is 1.43 bits per heavy atom. The molecule has 0 aliphatic carbocycles. The Kier molecular flexibility index (Phi) is 4.89. The minimum Gasteiger partial charge on any atom is -0.377 e. The van der Waals surface area contributed by atoms with E-state index >= 15 is 0 Å². The van der Waals surface area contributed by atoms with E-state index in [-0.39, 0.29) is 29.5 Å². The summed E-state index contributed by atoms with van der Waals surface area (Å²) < 4.78 is 11.2. The van der Waals surface area contributed by atoms with Crippen LogP contribution in [0.2, 0.25) is 5.28 Å². The smallest absolute Gasteiger partial charge is 0.232 e. The second-order valence-corrected chi connectivity index (χ2v) is 6.83. The number of rotatable bonds is 2. The third-order valence-corrected chi connectivity index (χ3v) is 4.55. The maximum atomic E-state index is 6.20. The summed E-state index contributed by atoms with van der Waals surface area (Å²) >= 11 is 6.20. The van der Waals surface area contributed by atoms with Crippen molar-refractivity contribution in [1.82, 2.24) is 15.0 Å². The molecule has 0 radical (unpaired) electrons. The fraction of sp³-hybridized carbons (Fsp3) is 0.800. The number of aromatic nitrogens is 3. The van der Waals surface area contributed by atoms with Crippen LogP contribution in [0.15, 0.2) is 0 Å². The van der Waals surface area contributed by atoms with Gasteiger partial charge in [0.25, 0.3) is 0 Å². The summed E-state index contributed by atoms with van der Waals surface area (Å²) in [4.78, 5) is 17.8. The van der Waals surface area contributed by atoms with Crippen LogP contribution in [0.5, 0.6) is 0 Å². The Morgan fingerprint density at radius 1 is 0.739 bits per heavy atom. The third kappa shape index (κ3) is 3.36. The Hall–Kier alpha value is -1.18. The van der Waals surface area contributed by atoms with Crippen LogP contribution in [-0.4, -0.2) is 65.5 Å². The second-order valence-electron chi connectivity index (χ2n) is 6.49. The molecule has 3 heterocycles. The van der Waals surface area contributed by atoms with Crippen LogP contribution in [-0.2, 0) is 9.47 Å². The quantitative estimate of drug-likeness (QED) is 0.812. The van der Waals surface area contributed by atoms with Gasteiger partial charge in [-0.2, -0.15) is 15.0 Å². The Bertz CT molecular complexity index is 496. The van der Waals surface area contributed by atoms with Gasteiger partial charge in [0.15, 0.2) is 0 Å². The van der Waals surface area contributed by atoms with E-state index in [9.17, 15) is 0 Å². The fourth-order valence-corrected chi connectivity index (χ4v) is 3.51. The third-order valence-electron chi connectivity index (χ3n) is 4.38. The van der Waals surface area contributed by atoms with Crippen molar-refractivity contribution in [2.75, 3.05) is 36.2 Å². The maximum absolute atomic E-state index is 6.20. The summed E-state index contributed by atoms with van der Waals surface area (Å²) in [5, 5.41) is 0.224. The van der Waals surface area contributed by atoms with Crippen molar-refractivity contribution in [3.63, 3.8) is 0 Å². The van der Waals surface area contributed by atoms with Crippen molar-refractivity contribution < 1.29 is 9.47 Å². The second kappa shape index (κ2) is 6.75. The van der Waals surface area contributed by atoms with E-state index in [0.717, 1.165) is 0 Å². The maximum Gasteiger partial charge on any atom is 0.232 e. The molecule has 4 atom stereocenters. The zero-order valence-corrected chi connectivity index (χ0v) is 14.8. The van der Waals surface area contributed by atoms with Crippen LogP contribution in [0.4, 0.5) is 11.9 Å². The first-order valence-corrected chi connectivity index (χ1v) is 8.49. The van der Waals surface area contributed by atoms with Gasteiger partial charge in [-0.05, 0) is 39.3 Å². The Balaban J connectivity index is 1.95. The van der Waals surface area contributed by atoms with E-state index in [1.165, 1.54) is 0 Å². The lowest BCUT2D eigenvalue weighted by molar-refractivity contribution is 0.0733. The van der Waals surface area contributed by atoms with Gasteiger partial charge in [0.2, 0.25) is 17.2 Å². The van der Waals surface area contributed by atoms with Crippen LogP contribution < -0.4 is 9.80 Å². The molecule has 0 bridgehead atoms. The molecule has 0 saturated carbocycles. The number of hydrogen-bond acceptors (Lipinski definition) is 7. The summed E-state index contributed by atoms with van der Waals surface area (Å²) in [7, 11) is 0. The summed E-state index contributed by atoms with van der Waals surface area (Å²) in [6.45, 7) is 11.1. The SMILES string of the molecule is C[C@H]1COC[C@H](C)N1c1nc(Cl)nc(N2[C@@H](C)COC[C@@H]2C)n1. The summed E-state index contributed by atoms with van der Waals surface area (Å²) in [5.74, 6) is 1.24. The van der Waals surface area contributed by atoms with Gasteiger partial charge in [0.1, 0.15) is 0 Å². The molecule has 8 heteroatoms. The molecule has 1 aromatic heterocycles. The molecule has 23 heavy (non-hydrogen) atoms. The van der Waals surface area contributed by atoms with Crippen LogP contribution >= 0.6 is 11.6 Å². The lowest BCUT2D eigenvalue weighted by Gasteiger charge is -2.41. The first kappa shape index (κ1) is 16.7. The number of halogens is 1. The normalized spacial score (nSPS) is 32.2. The molecule has 2 aliphatic rings. The zero-order chi connectivity index (χ0) is 16.6. The van der Waals surface area contributed by atoms with Crippen LogP contribution in [0.3, 0.4) is 0 Å². The molecular weight excluding hydrogens is 318 g/mol. The zero-order valence-electron chi connectivity index (χ0n) is 14.1. The highest BCUT2D eigenvalue weighted by atomic mass is 35.5. The lowest BCUT2D eigenvalue weighted by Crippen LogP contribution is -2.52. The van der Waals surface area contributed by atoms with Gasteiger partial charge in [-0.1, -0.05) is 0 Å². The van der Waals surface area contributed by atoms with E-state index in [2.05, 4.69) is 47.5 Å². The summed E-state index contributed by atoms with van der Waals surface area (Å²) in [6.07, 6.45) is 0. The number of morpholine rings is 2. The topological polar surface area (TPSA) is 63.6 Å². The highest BCUT2D eigenvalue weighted by Crippen LogP contribution is 2.26. The molecule has 1 aromatic rings. The van der Waals surface area contributed by atoms with Crippen molar-refractivity contribution in [1.29, 1.82) is 0 Å². The predicted molar refractivity (Wildman–Crippen MR) is 89.3 cm³/mol. The number of hydrogen-bond donors (Lipinski definition) is 0. The molecular formula is C15H24ClN5O2. The van der Waals surface area contributed by atoms with E-state index < -0.39 is 0 Å². The van der Waals surface area contributed by atoms with E-state index in [1.54, 1.807) is 0 Å². The molecule has 2 aliphatic heterocycles. The van der Waals surface area contributed by atoms with Gasteiger partial charge in [0, 0.05) is 0 Å².